The number of aliphatic imine (C=N–C) groups is 1. The molecule has 1 saturated heterocycles. The molecule has 0 bridgehead atoms. The monoisotopic (exact) mass is 369 g/mol. The SMILES string of the molecule is CN=C(NCc1ccccc1Cn1cccn1)N1CC(C)C(C(=O)OC)C1. The van der Waals surface area contributed by atoms with Gasteiger partial charge >= 0.3 is 5.97 Å². The summed E-state index contributed by atoms with van der Waals surface area (Å²) in [6, 6.07) is 10.2. The molecule has 1 aliphatic heterocycles. The Morgan fingerprint density at radius 2 is 2.07 bits per heavy atom. The van der Waals surface area contributed by atoms with Gasteiger partial charge in [0.25, 0.3) is 0 Å². The van der Waals surface area contributed by atoms with Gasteiger partial charge in [-0.15, -0.1) is 0 Å². The Bertz CT molecular complexity index is 787. The first kappa shape index (κ1) is 18.9. The molecule has 2 heterocycles. The van der Waals surface area contributed by atoms with Crippen LogP contribution in [0.3, 0.4) is 0 Å². The van der Waals surface area contributed by atoms with E-state index in [1.807, 2.05) is 29.1 Å². The Hall–Kier alpha value is -2.83. The van der Waals surface area contributed by atoms with Crippen LogP contribution in [0.4, 0.5) is 0 Å². The summed E-state index contributed by atoms with van der Waals surface area (Å²) in [5.74, 6) is 0.788. The second-order valence-electron chi connectivity index (χ2n) is 6.89. The Labute approximate surface area is 160 Å². The number of nitrogens with one attached hydrogen (secondary N) is 1. The fourth-order valence-electron chi connectivity index (χ4n) is 3.56. The lowest BCUT2D eigenvalue weighted by Gasteiger charge is -2.22. The van der Waals surface area contributed by atoms with Crippen molar-refractivity contribution >= 4 is 11.9 Å². The van der Waals surface area contributed by atoms with Crippen molar-refractivity contribution in [2.24, 2.45) is 16.8 Å². The van der Waals surface area contributed by atoms with Crippen molar-refractivity contribution < 1.29 is 9.53 Å². The van der Waals surface area contributed by atoms with Gasteiger partial charge in [-0.25, -0.2) is 0 Å². The molecule has 144 valence electrons. The number of ether oxygens (including phenoxy) is 1. The van der Waals surface area contributed by atoms with Crippen LogP contribution in [0, 0.1) is 11.8 Å². The van der Waals surface area contributed by atoms with E-state index in [0.717, 1.165) is 19.0 Å². The van der Waals surface area contributed by atoms with Crippen LogP contribution < -0.4 is 5.32 Å². The van der Waals surface area contributed by atoms with E-state index in [4.69, 9.17) is 4.74 Å². The zero-order valence-electron chi connectivity index (χ0n) is 16.1. The largest absolute Gasteiger partial charge is 0.469 e. The molecule has 2 aromatic rings. The van der Waals surface area contributed by atoms with Gasteiger partial charge in [-0.2, -0.15) is 5.10 Å². The van der Waals surface area contributed by atoms with Crippen LogP contribution >= 0.6 is 0 Å². The van der Waals surface area contributed by atoms with E-state index in [9.17, 15) is 4.79 Å². The number of aromatic nitrogens is 2. The van der Waals surface area contributed by atoms with Gasteiger partial charge in [0.1, 0.15) is 0 Å². The second-order valence-corrected chi connectivity index (χ2v) is 6.89. The van der Waals surface area contributed by atoms with Gasteiger partial charge < -0.3 is 15.0 Å². The molecule has 2 unspecified atom stereocenters. The molecule has 0 amide bonds. The van der Waals surface area contributed by atoms with Gasteiger partial charge in [-0.3, -0.25) is 14.5 Å². The average Bonchev–Trinajstić information content (AvgIpc) is 3.32. The molecule has 1 fully saturated rings. The molecule has 3 rings (SSSR count). The maximum absolute atomic E-state index is 11.9. The predicted octanol–water partition coefficient (Wildman–Crippen LogP) is 1.75. The summed E-state index contributed by atoms with van der Waals surface area (Å²) in [5, 5.41) is 7.73. The highest BCUT2D eigenvalue weighted by molar-refractivity contribution is 5.82. The lowest BCUT2D eigenvalue weighted by Crippen LogP contribution is -2.40. The number of nitrogens with zero attached hydrogens (tertiary/aromatic N) is 4. The van der Waals surface area contributed by atoms with Gasteiger partial charge in [0, 0.05) is 39.1 Å². The van der Waals surface area contributed by atoms with Crippen LogP contribution in [0.15, 0.2) is 47.7 Å². The number of guanidine groups is 1. The normalized spacial score (nSPS) is 20.0. The Balaban J connectivity index is 1.65. The first-order chi connectivity index (χ1) is 13.1. The Kier molecular flexibility index (Phi) is 6.11. The zero-order chi connectivity index (χ0) is 19.2. The fraction of sp³-hybridized carbons (Fsp3) is 0.450. The van der Waals surface area contributed by atoms with Crippen LogP contribution in [0.1, 0.15) is 18.1 Å². The first-order valence-electron chi connectivity index (χ1n) is 9.20. The molecule has 0 radical (unpaired) electrons. The number of carbonyl (C=O) groups excluding carboxylic acids is 1. The van der Waals surface area contributed by atoms with E-state index in [0.29, 0.717) is 13.1 Å². The van der Waals surface area contributed by atoms with Crippen molar-refractivity contribution in [2.45, 2.75) is 20.0 Å². The Morgan fingerprint density at radius 3 is 2.74 bits per heavy atom. The molecule has 0 saturated carbocycles. The number of benzene rings is 1. The minimum atomic E-state index is -0.148. The van der Waals surface area contributed by atoms with Crippen molar-refractivity contribution in [3.63, 3.8) is 0 Å². The molecule has 27 heavy (non-hydrogen) atoms. The van der Waals surface area contributed by atoms with Gasteiger partial charge in [-0.05, 0) is 23.1 Å². The van der Waals surface area contributed by atoms with E-state index in [2.05, 4.69) is 39.4 Å². The number of hydrogen-bond donors (Lipinski definition) is 1. The third kappa shape index (κ3) is 4.48. The van der Waals surface area contributed by atoms with Crippen LogP contribution in [0.25, 0.3) is 0 Å². The molecule has 2 atom stereocenters. The summed E-state index contributed by atoms with van der Waals surface area (Å²) >= 11 is 0. The average molecular weight is 369 g/mol. The summed E-state index contributed by atoms with van der Waals surface area (Å²) in [5.41, 5.74) is 2.41. The maximum Gasteiger partial charge on any atom is 0.310 e. The van der Waals surface area contributed by atoms with Crippen LogP contribution in [-0.2, 0) is 22.6 Å². The molecule has 1 aromatic heterocycles. The summed E-state index contributed by atoms with van der Waals surface area (Å²) in [6.07, 6.45) is 3.75. The molecule has 7 heteroatoms. The highest BCUT2D eigenvalue weighted by Gasteiger charge is 2.36. The van der Waals surface area contributed by atoms with Crippen molar-refractivity contribution in [3.05, 3.63) is 53.9 Å². The van der Waals surface area contributed by atoms with E-state index in [-0.39, 0.29) is 17.8 Å². The van der Waals surface area contributed by atoms with Gasteiger partial charge in [-0.1, -0.05) is 31.2 Å². The summed E-state index contributed by atoms with van der Waals surface area (Å²) in [7, 11) is 3.22. The van der Waals surface area contributed by atoms with E-state index in [1.165, 1.54) is 18.2 Å². The van der Waals surface area contributed by atoms with Crippen LogP contribution in [0.2, 0.25) is 0 Å². The van der Waals surface area contributed by atoms with Crippen molar-refractivity contribution in [1.29, 1.82) is 0 Å². The van der Waals surface area contributed by atoms with Crippen molar-refractivity contribution in [3.8, 4) is 0 Å². The van der Waals surface area contributed by atoms with Gasteiger partial charge in [0.05, 0.1) is 19.6 Å². The number of esters is 1. The number of methoxy groups -OCH3 is 1. The lowest BCUT2D eigenvalue weighted by atomic mass is 9.99. The quantitative estimate of drug-likeness (QED) is 0.494. The van der Waals surface area contributed by atoms with E-state index >= 15 is 0 Å². The number of carbonyl (C=O) groups is 1. The highest BCUT2D eigenvalue weighted by atomic mass is 16.5. The summed E-state index contributed by atoms with van der Waals surface area (Å²) in [6.45, 7) is 4.89. The predicted molar refractivity (Wildman–Crippen MR) is 104 cm³/mol. The lowest BCUT2D eigenvalue weighted by molar-refractivity contribution is -0.145. The third-order valence-electron chi connectivity index (χ3n) is 5.07. The molecular weight excluding hydrogens is 342 g/mol. The molecule has 7 nitrogen and oxygen atoms in total. The van der Waals surface area contributed by atoms with E-state index in [1.54, 1.807) is 13.2 Å². The smallest absolute Gasteiger partial charge is 0.310 e. The molecule has 1 N–H and O–H groups in total. The van der Waals surface area contributed by atoms with Gasteiger partial charge in [0.15, 0.2) is 5.96 Å². The summed E-state index contributed by atoms with van der Waals surface area (Å²) in [4.78, 5) is 18.5. The van der Waals surface area contributed by atoms with E-state index < -0.39 is 0 Å². The Morgan fingerprint density at radius 1 is 1.30 bits per heavy atom. The first-order valence-corrected chi connectivity index (χ1v) is 9.20. The summed E-state index contributed by atoms with van der Waals surface area (Å²) < 4.78 is 6.84. The second kappa shape index (κ2) is 8.70. The minimum absolute atomic E-state index is 0.111. The molecular formula is C20H27N5O2. The number of likely N-dealkylation sites (tertiary alicyclic amines) is 1. The highest BCUT2D eigenvalue weighted by Crippen LogP contribution is 2.24. The maximum atomic E-state index is 11.9. The van der Waals surface area contributed by atoms with Crippen molar-refractivity contribution in [2.75, 3.05) is 27.2 Å². The standard InChI is InChI=1S/C20H27N5O2/c1-15-12-24(14-18(15)19(26)27-3)20(21-2)22-11-16-7-4-5-8-17(16)13-25-10-6-9-23-25/h4-10,15,18H,11-14H2,1-3H3,(H,21,22). The molecule has 0 aliphatic carbocycles. The number of hydrogen-bond acceptors (Lipinski definition) is 4. The van der Waals surface area contributed by atoms with Gasteiger partial charge in [0.2, 0.25) is 0 Å². The molecule has 1 aliphatic rings. The zero-order valence-corrected chi connectivity index (χ0v) is 16.1. The fourth-order valence-corrected chi connectivity index (χ4v) is 3.56. The van der Waals surface area contributed by atoms with Crippen molar-refractivity contribution in [1.82, 2.24) is 20.0 Å². The van der Waals surface area contributed by atoms with Crippen LogP contribution in [-0.4, -0.2) is 53.9 Å². The topological polar surface area (TPSA) is 71.8 Å². The minimum Gasteiger partial charge on any atom is -0.469 e. The molecule has 0 spiro atoms. The third-order valence-corrected chi connectivity index (χ3v) is 5.07. The van der Waals surface area contributed by atoms with Crippen LogP contribution in [0.5, 0.6) is 0 Å². The number of rotatable bonds is 5. The molecule has 1 aromatic carbocycles.